The van der Waals surface area contributed by atoms with Gasteiger partial charge >= 0.3 is 0 Å². The van der Waals surface area contributed by atoms with E-state index in [1.807, 2.05) is 7.05 Å². The van der Waals surface area contributed by atoms with Gasteiger partial charge in [0, 0.05) is 52.9 Å². The van der Waals surface area contributed by atoms with Crippen molar-refractivity contribution in [3.63, 3.8) is 0 Å². The molecule has 0 aromatic rings. The van der Waals surface area contributed by atoms with Crippen molar-refractivity contribution in [2.75, 3.05) is 72.7 Å². The monoisotopic (exact) mass is 342 g/mol. The largest absolute Gasteiger partial charge is 0.379 e. The van der Waals surface area contributed by atoms with Gasteiger partial charge in [0.05, 0.1) is 19.8 Å². The van der Waals surface area contributed by atoms with Crippen LogP contribution in [0.4, 0.5) is 0 Å². The van der Waals surface area contributed by atoms with Crippen molar-refractivity contribution in [3.8, 4) is 0 Å². The molecule has 0 unspecified atom stereocenters. The Labute approximate surface area is 148 Å². The Balaban J connectivity index is 2.07. The third-order valence-corrected chi connectivity index (χ3v) is 4.05. The second-order valence-corrected chi connectivity index (χ2v) is 6.73. The van der Waals surface area contributed by atoms with Crippen LogP contribution in [-0.4, -0.2) is 88.5 Å². The number of unbranched alkanes of at least 4 members (excludes halogenated alkanes) is 1. The molecule has 0 atom stereocenters. The molecule has 1 fully saturated rings. The van der Waals surface area contributed by atoms with Gasteiger partial charge in [-0.25, -0.2) is 0 Å². The molecule has 6 nitrogen and oxygen atoms in total. The molecule has 1 aliphatic heterocycles. The molecule has 24 heavy (non-hydrogen) atoms. The Bertz CT molecular complexity index is 329. The molecule has 1 aliphatic rings. The molecular weight excluding hydrogens is 304 g/mol. The van der Waals surface area contributed by atoms with Crippen molar-refractivity contribution in [2.45, 2.75) is 33.6 Å². The molecule has 1 heterocycles. The van der Waals surface area contributed by atoms with Crippen molar-refractivity contribution in [2.24, 2.45) is 10.9 Å². The van der Waals surface area contributed by atoms with Gasteiger partial charge in [0.25, 0.3) is 0 Å². The highest BCUT2D eigenvalue weighted by Crippen LogP contribution is 2.05. The van der Waals surface area contributed by atoms with E-state index in [1.165, 1.54) is 13.0 Å². The first kappa shape index (κ1) is 21.2. The van der Waals surface area contributed by atoms with E-state index >= 15 is 0 Å². The third kappa shape index (κ3) is 9.45. The van der Waals surface area contributed by atoms with E-state index in [4.69, 9.17) is 9.47 Å². The molecule has 0 aromatic carbocycles. The van der Waals surface area contributed by atoms with Crippen LogP contribution in [0, 0.1) is 5.92 Å². The molecule has 0 amide bonds. The average molecular weight is 343 g/mol. The summed E-state index contributed by atoms with van der Waals surface area (Å²) in [5.74, 6) is 1.72. The van der Waals surface area contributed by atoms with E-state index in [0.29, 0.717) is 19.8 Å². The van der Waals surface area contributed by atoms with Crippen molar-refractivity contribution < 1.29 is 9.47 Å². The van der Waals surface area contributed by atoms with Crippen molar-refractivity contribution in [1.82, 2.24) is 15.1 Å². The highest BCUT2D eigenvalue weighted by molar-refractivity contribution is 5.79. The third-order valence-electron chi connectivity index (χ3n) is 4.05. The number of piperazine rings is 1. The molecule has 1 rings (SSSR count). The fourth-order valence-corrected chi connectivity index (χ4v) is 2.79. The second kappa shape index (κ2) is 13.4. The van der Waals surface area contributed by atoms with E-state index in [-0.39, 0.29) is 0 Å². The number of aliphatic imine (C=N–C) groups is 1. The Morgan fingerprint density at radius 3 is 2.29 bits per heavy atom. The maximum atomic E-state index is 5.59. The molecule has 1 N–H and O–H groups in total. The second-order valence-electron chi connectivity index (χ2n) is 6.73. The maximum absolute atomic E-state index is 5.59. The summed E-state index contributed by atoms with van der Waals surface area (Å²) in [4.78, 5) is 9.27. The van der Waals surface area contributed by atoms with Gasteiger partial charge in [0.2, 0.25) is 0 Å². The van der Waals surface area contributed by atoms with Gasteiger partial charge in [-0.2, -0.15) is 0 Å². The fraction of sp³-hybridized carbons (Fsp3) is 0.944. The standard InChI is InChI=1S/C18H38N4O2/c1-5-6-12-23-14-15-24-13-7-20-18(19-4)22-10-8-21(9-11-22)16-17(2)3/h17H,5-16H2,1-4H3,(H,19,20). The van der Waals surface area contributed by atoms with Gasteiger partial charge in [0.1, 0.15) is 0 Å². The summed E-state index contributed by atoms with van der Waals surface area (Å²) in [5, 5.41) is 3.40. The van der Waals surface area contributed by atoms with Gasteiger partial charge < -0.3 is 19.7 Å². The van der Waals surface area contributed by atoms with Crippen LogP contribution in [0.25, 0.3) is 0 Å². The van der Waals surface area contributed by atoms with Crippen LogP contribution in [0.1, 0.15) is 33.6 Å². The number of guanidine groups is 1. The SMILES string of the molecule is CCCCOCCOCCNC(=NC)N1CCN(CC(C)C)CC1. The lowest BCUT2D eigenvalue weighted by atomic mass is 10.2. The average Bonchev–Trinajstić information content (AvgIpc) is 2.57. The van der Waals surface area contributed by atoms with Crippen LogP contribution in [0.2, 0.25) is 0 Å². The summed E-state index contributed by atoms with van der Waals surface area (Å²) >= 11 is 0. The number of nitrogens with zero attached hydrogens (tertiary/aromatic N) is 3. The van der Waals surface area contributed by atoms with Gasteiger partial charge in [-0.15, -0.1) is 0 Å². The molecule has 0 bridgehead atoms. The van der Waals surface area contributed by atoms with Crippen LogP contribution in [0.3, 0.4) is 0 Å². The lowest BCUT2D eigenvalue weighted by molar-refractivity contribution is 0.0485. The summed E-state index contributed by atoms with van der Waals surface area (Å²) in [6.07, 6.45) is 2.30. The normalized spacial score (nSPS) is 16.9. The molecule has 1 saturated heterocycles. The van der Waals surface area contributed by atoms with Crippen molar-refractivity contribution in [1.29, 1.82) is 0 Å². The summed E-state index contributed by atoms with van der Waals surface area (Å²) in [6.45, 7) is 15.9. The smallest absolute Gasteiger partial charge is 0.193 e. The van der Waals surface area contributed by atoms with E-state index < -0.39 is 0 Å². The first-order valence-electron chi connectivity index (χ1n) is 9.50. The zero-order valence-electron chi connectivity index (χ0n) is 16.2. The van der Waals surface area contributed by atoms with Gasteiger partial charge in [0.15, 0.2) is 5.96 Å². The Morgan fingerprint density at radius 1 is 1.04 bits per heavy atom. The highest BCUT2D eigenvalue weighted by Gasteiger charge is 2.19. The predicted molar refractivity (Wildman–Crippen MR) is 101 cm³/mol. The summed E-state index contributed by atoms with van der Waals surface area (Å²) < 4.78 is 11.1. The molecule has 0 spiro atoms. The number of hydrogen-bond donors (Lipinski definition) is 1. The minimum Gasteiger partial charge on any atom is -0.379 e. The van der Waals surface area contributed by atoms with E-state index in [2.05, 4.69) is 40.9 Å². The highest BCUT2D eigenvalue weighted by atomic mass is 16.5. The maximum Gasteiger partial charge on any atom is 0.193 e. The van der Waals surface area contributed by atoms with Crippen LogP contribution in [0.15, 0.2) is 4.99 Å². The Kier molecular flexibility index (Phi) is 11.9. The number of ether oxygens (including phenoxy) is 2. The summed E-state index contributed by atoms with van der Waals surface area (Å²) in [6, 6.07) is 0. The van der Waals surface area contributed by atoms with E-state index in [9.17, 15) is 0 Å². The molecule has 6 heteroatoms. The van der Waals surface area contributed by atoms with Gasteiger partial charge in [-0.3, -0.25) is 9.89 Å². The van der Waals surface area contributed by atoms with Crippen molar-refractivity contribution >= 4 is 5.96 Å². The Morgan fingerprint density at radius 2 is 1.71 bits per heavy atom. The number of rotatable bonds is 11. The van der Waals surface area contributed by atoms with Crippen LogP contribution < -0.4 is 5.32 Å². The van der Waals surface area contributed by atoms with Gasteiger partial charge in [-0.1, -0.05) is 27.2 Å². The minimum atomic E-state index is 0.665. The quantitative estimate of drug-likeness (QED) is 0.352. The molecule has 142 valence electrons. The topological polar surface area (TPSA) is 49.3 Å². The number of nitrogens with one attached hydrogen (secondary N) is 1. The number of hydrogen-bond acceptors (Lipinski definition) is 4. The molecule has 0 radical (unpaired) electrons. The Hall–Kier alpha value is -0.850. The van der Waals surface area contributed by atoms with Crippen LogP contribution in [0.5, 0.6) is 0 Å². The summed E-state index contributed by atoms with van der Waals surface area (Å²) in [7, 11) is 1.85. The van der Waals surface area contributed by atoms with E-state index in [0.717, 1.165) is 57.6 Å². The zero-order chi connectivity index (χ0) is 17.6. The molecule has 0 saturated carbocycles. The zero-order valence-corrected chi connectivity index (χ0v) is 16.2. The fourth-order valence-electron chi connectivity index (χ4n) is 2.79. The summed E-state index contributed by atoms with van der Waals surface area (Å²) in [5.41, 5.74) is 0. The first-order valence-corrected chi connectivity index (χ1v) is 9.50. The molecule has 0 aliphatic carbocycles. The molecule has 0 aromatic heterocycles. The van der Waals surface area contributed by atoms with Crippen molar-refractivity contribution in [3.05, 3.63) is 0 Å². The lowest BCUT2D eigenvalue weighted by Gasteiger charge is -2.37. The first-order chi connectivity index (χ1) is 11.7. The minimum absolute atomic E-state index is 0.665. The van der Waals surface area contributed by atoms with Crippen LogP contribution in [-0.2, 0) is 9.47 Å². The van der Waals surface area contributed by atoms with Gasteiger partial charge in [-0.05, 0) is 12.3 Å². The lowest BCUT2D eigenvalue weighted by Crippen LogP contribution is -2.53. The predicted octanol–water partition coefficient (Wildman–Crippen LogP) is 1.67. The van der Waals surface area contributed by atoms with E-state index in [1.54, 1.807) is 0 Å². The van der Waals surface area contributed by atoms with Crippen LogP contribution >= 0.6 is 0 Å². The molecular formula is C18H38N4O2.